The number of nitrogens with one attached hydrogen (secondary N) is 1. The largest absolute Gasteiger partial charge is 0.368 e. The maximum absolute atomic E-state index is 11.7. The van der Waals surface area contributed by atoms with Gasteiger partial charge in [0.15, 0.2) is 5.16 Å². The van der Waals surface area contributed by atoms with E-state index in [-0.39, 0.29) is 23.1 Å². The fourth-order valence-corrected chi connectivity index (χ4v) is 2.72. The number of nitrogens with two attached hydrogens (primary N) is 2. The van der Waals surface area contributed by atoms with Crippen molar-refractivity contribution >= 4 is 23.6 Å². The Hall–Kier alpha value is -1.28. The summed E-state index contributed by atoms with van der Waals surface area (Å²) in [4.78, 5) is 11.7. The lowest BCUT2D eigenvalue weighted by Crippen LogP contribution is -2.40. The van der Waals surface area contributed by atoms with Crippen molar-refractivity contribution in [1.82, 2.24) is 20.2 Å². The Balaban J connectivity index is 2.98. The van der Waals surface area contributed by atoms with E-state index in [1.807, 2.05) is 27.7 Å². The Bertz CT molecular complexity index is 417. The van der Waals surface area contributed by atoms with Crippen molar-refractivity contribution in [2.45, 2.75) is 44.1 Å². The normalized spacial score (nSPS) is 13.1. The number of hydrogen-bond acceptors (Lipinski definition) is 6. The molecule has 18 heavy (non-hydrogen) atoms. The molecule has 0 fully saturated rings. The zero-order valence-corrected chi connectivity index (χ0v) is 11.9. The maximum atomic E-state index is 11.7. The van der Waals surface area contributed by atoms with Crippen LogP contribution < -0.4 is 17.0 Å². The summed E-state index contributed by atoms with van der Waals surface area (Å²) in [5.41, 5.74) is 7.93. The molecular weight excluding hydrogens is 252 g/mol. The Kier molecular flexibility index (Phi) is 4.97. The molecule has 1 amide bonds. The van der Waals surface area contributed by atoms with Gasteiger partial charge in [-0.05, 0) is 19.8 Å². The standard InChI is InChI=1S/C10H20N6OS/c1-5(2)7(8(17)13-12)18-10-15-14-9(11)16(10)6(3)4/h5-7H,12H2,1-4H3,(H2,11,14)(H,13,17). The van der Waals surface area contributed by atoms with Gasteiger partial charge in [-0.3, -0.25) is 14.8 Å². The van der Waals surface area contributed by atoms with E-state index in [0.717, 1.165) is 0 Å². The van der Waals surface area contributed by atoms with Crippen LogP contribution in [0.1, 0.15) is 33.7 Å². The molecule has 0 saturated heterocycles. The van der Waals surface area contributed by atoms with Crippen LogP contribution in [0.3, 0.4) is 0 Å². The molecule has 0 aliphatic carbocycles. The smallest absolute Gasteiger partial charge is 0.247 e. The molecule has 5 N–H and O–H groups in total. The third-order valence-electron chi connectivity index (χ3n) is 2.45. The molecule has 0 spiro atoms. The number of carbonyl (C=O) groups excluding carboxylic acids is 1. The fourth-order valence-electron chi connectivity index (χ4n) is 1.54. The number of thioether (sulfide) groups is 1. The van der Waals surface area contributed by atoms with Crippen LogP contribution in [0.2, 0.25) is 0 Å². The van der Waals surface area contributed by atoms with Crippen molar-refractivity contribution in [2.24, 2.45) is 11.8 Å². The first-order valence-corrected chi connectivity index (χ1v) is 6.63. The van der Waals surface area contributed by atoms with E-state index in [2.05, 4.69) is 15.6 Å². The molecule has 0 aliphatic rings. The highest BCUT2D eigenvalue weighted by atomic mass is 32.2. The van der Waals surface area contributed by atoms with E-state index in [0.29, 0.717) is 11.1 Å². The van der Waals surface area contributed by atoms with Gasteiger partial charge in [-0.15, -0.1) is 10.2 Å². The van der Waals surface area contributed by atoms with Crippen molar-refractivity contribution in [1.29, 1.82) is 0 Å². The summed E-state index contributed by atoms with van der Waals surface area (Å²) in [6.07, 6.45) is 0. The number of nitrogens with zero attached hydrogens (tertiary/aromatic N) is 3. The first-order chi connectivity index (χ1) is 8.38. The molecule has 102 valence electrons. The Morgan fingerprint density at radius 1 is 1.33 bits per heavy atom. The van der Waals surface area contributed by atoms with Crippen molar-refractivity contribution < 1.29 is 4.79 Å². The SMILES string of the molecule is CC(C)C(Sc1nnc(N)n1C(C)C)C(=O)NN. The molecule has 0 aromatic carbocycles. The molecule has 0 saturated carbocycles. The van der Waals surface area contributed by atoms with Crippen LogP contribution in [-0.2, 0) is 4.79 Å². The molecule has 1 unspecified atom stereocenters. The molecule has 0 bridgehead atoms. The molecule has 1 aromatic rings. The van der Waals surface area contributed by atoms with E-state index in [1.165, 1.54) is 11.8 Å². The van der Waals surface area contributed by atoms with Crippen molar-refractivity contribution in [3.8, 4) is 0 Å². The third kappa shape index (κ3) is 3.14. The Labute approximate surface area is 111 Å². The van der Waals surface area contributed by atoms with Gasteiger partial charge in [-0.1, -0.05) is 25.6 Å². The van der Waals surface area contributed by atoms with Gasteiger partial charge in [0.2, 0.25) is 11.9 Å². The molecule has 1 heterocycles. The lowest BCUT2D eigenvalue weighted by molar-refractivity contribution is -0.121. The maximum Gasteiger partial charge on any atom is 0.247 e. The van der Waals surface area contributed by atoms with Crippen LogP contribution in [0.15, 0.2) is 5.16 Å². The molecule has 7 nitrogen and oxygen atoms in total. The first-order valence-electron chi connectivity index (χ1n) is 5.76. The number of hydrogen-bond donors (Lipinski definition) is 3. The number of amides is 1. The van der Waals surface area contributed by atoms with Crippen molar-refractivity contribution in [2.75, 3.05) is 5.73 Å². The minimum atomic E-state index is -0.323. The van der Waals surface area contributed by atoms with E-state index in [1.54, 1.807) is 4.57 Å². The molecular formula is C10H20N6OS. The zero-order valence-electron chi connectivity index (χ0n) is 11.0. The average molecular weight is 272 g/mol. The second-order valence-corrected chi connectivity index (χ2v) is 5.70. The number of nitrogen functional groups attached to an aromatic ring is 1. The van der Waals surface area contributed by atoms with Crippen LogP contribution in [0, 0.1) is 5.92 Å². The number of anilines is 1. The Morgan fingerprint density at radius 3 is 2.39 bits per heavy atom. The lowest BCUT2D eigenvalue weighted by Gasteiger charge is -2.19. The van der Waals surface area contributed by atoms with E-state index in [4.69, 9.17) is 11.6 Å². The monoisotopic (exact) mass is 272 g/mol. The van der Waals surface area contributed by atoms with E-state index < -0.39 is 0 Å². The van der Waals surface area contributed by atoms with Gasteiger partial charge in [0.05, 0.1) is 5.25 Å². The molecule has 1 aromatic heterocycles. The minimum absolute atomic E-state index is 0.122. The Morgan fingerprint density at radius 2 is 1.94 bits per heavy atom. The average Bonchev–Trinajstić information content (AvgIpc) is 2.65. The van der Waals surface area contributed by atoms with Crippen LogP contribution in [0.25, 0.3) is 0 Å². The summed E-state index contributed by atoms with van der Waals surface area (Å²) in [5.74, 6) is 5.43. The summed E-state index contributed by atoms with van der Waals surface area (Å²) in [7, 11) is 0. The molecule has 1 rings (SSSR count). The van der Waals surface area contributed by atoms with Gasteiger partial charge in [0.1, 0.15) is 0 Å². The predicted molar refractivity (Wildman–Crippen MR) is 71.6 cm³/mol. The minimum Gasteiger partial charge on any atom is -0.368 e. The highest BCUT2D eigenvalue weighted by molar-refractivity contribution is 8.00. The van der Waals surface area contributed by atoms with Crippen molar-refractivity contribution in [3.63, 3.8) is 0 Å². The second kappa shape index (κ2) is 6.05. The topological polar surface area (TPSA) is 112 Å². The quantitative estimate of drug-likeness (QED) is 0.312. The third-order valence-corrected chi connectivity index (χ3v) is 3.95. The summed E-state index contributed by atoms with van der Waals surface area (Å²) in [5, 5.41) is 8.15. The van der Waals surface area contributed by atoms with Gasteiger partial charge in [0, 0.05) is 6.04 Å². The number of aromatic nitrogens is 3. The summed E-state index contributed by atoms with van der Waals surface area (Å²) in [6.45, 7) is 7.87. The van der Waals surface area contributed by atoms with Crippen molar-refractivity contribution in [3.05, 3.63) is 0 Å². The van der Waals surface area contributed by atoms with Gasteiger partial charge >= 0.3 is 0 Å². The van der Waals surface area contributed by atoms with Gasteiger partial charge in [-0.25, -0.2) is 5.84 Å². The highest BCUT2D eigenvalue weighted by Gasteiger charge is 2.26. The van der Waals surface area contributed by atoms with Crippen LogP contribution in [-0.4, -0.2) is 25.9 Å². The van der Waals surface area contributed by atoms with Gasteiger partial charge in [0.25, 0.3) is 0 Å². The second-order valence-electron chi connectivity index (χ2n) is 4.60. The lowest BCUT2D eigenvalue weighted by atomic mass is 10.1. The predicted octanol–water partition coefficient (Wildman–Crippen LogP) is 0.548. The summed E-state index contributed by atoms with van der Waals surface area (Å²) in [6, 6.07) is 0.135. The molecule has 0 radical (unpaired) electrons. The van der Waals surface area contributed by atoms with Crippen LogP contribution in [0.4, 0.5) is 5.95 Å². The van der Waals surface area contributed by atoms with E-state index >= 15 is 0 Å². The number of carbonyl (C=O) groups is 1. The highest BCUT2D eigenvalue weighted by Crippen LogP contribution is 2.29. The summed E-state index contributed by atoms with van der Waals surface area (Å²) < 4.78 is 1.80. The first kappa shape index (κ1) is 14.8. The fraction of sp³-hybridized carbons (Fsp3) is 0.700. The van der Waals surface area contributed by atoms with Crippen LogP contribution in [0.5, 0.6) is 0 Å². The number of hydrazine groups is 1. The van der Waals surface area contributed by atoms with Crippen LogP contribution >= 0.6 is 11.8 Å². The number of rotatable bonds is 5. The van der Waals surface area contributed by atoms with Gasteiger partial charge < -0.3 is 5.73 Å². The van der Waals surface area contributed by atoms with E-state index in [9.17, 15) is 4.79 Å². The molecule has 1 atom stereocenters. The zero-order chi connectivity index (χ0) is 13.9. The molecule has 0 aliphatic heterocycles. The van der Waals surface area contributed by atoms with Gasteiger partial charge in [-0.2, -0.15) is 0 Å². The molecule has 8 heteroatoms. The summed E-state index contributed by atoms with van der Waals surface area (Å²) >= 11 is 1.32.